The van der Waals surface area contributed by atoms with Crippen molar-refractivity contribution >= 4 is 28.6 Å². The standard InChI is InChI=1S/C21H19NO7S/c23-15-3-1-2-13-17(15)20(26)18-14(19(13)25)8-12(9-16(18)24)21(27)22-6-4-11(5-7-22)10-30(28)29/h1-3,8-9,11,23-24H,4-7,10H2,(H,28,29). The number of nitrogens with zero attached hydrogens (tertiary/aromatic N) is 1. The first-order valence-corrected chi connectivity index (χ1v) is 10.7. The minimum absolute atomic E-state index is 0.0225. The van der Waals surface area contributed by atoms with E-state index < -0.39 is 34.3 Å². The molecule has 1 amide bonds. The normalized spacial score (nSPS) is 17.4. The number of hydrogen-bond acceptors (Lipinski definition) is 6. The minimum Gasteiger partial charge on any atom is -0.507 e. The first-order chi connectivity index (χ1) is 14.3. The number of carbonyl (C=O) groups excluding carboxylic acids is 3. The third-order valence-corrected chi connectivity index (χ3v) is 6.39. The molecule has 1 fully saturated rings. The van der Waals surface area contributed by atoms with Crippen LogP contribution in [-0.2, 0) is 11.1 Å². The molecule has 30 heavy (non-hydrogen) atoms. The fourth-order valence-electron chi connectivity index (χ4n) is 4.09. The highest BCUT2D eigenvalue weighted by molar-refractivity contribution is 7.79. The Morgan fingerprint density at radius 1 is 1.00 bits per heavy atom. The molecular weight excluding hydrogens is 410 g/mol. The van der Waals surface area contributed by atoms with Crippen molar-refractivity contribution in [3.63, 3.8) is 0 Å². The molecule has 0 spiro atoms. The second-order valence-electron chi connectivity index (χ2n) is 7.50. The van der Waals surface area contributed by atoms with E-state index in [0.717, 1.165) is 6.07 Å². The lowest BCUT2D eigenvalue weighted by Crippen LogP contribution is -2.39. The summed E-state index contributed by atoms with van der Waals surface area (Å²) in [5.74, 6) is -2.23. The van der Waals surface area contributed by atoms with E-state index in [1.807, 2.05) is 0 Å². The highest BCUT2D eigenvalue weighted by Gasteiger charge is 2.35. The summed E-state index contributed by atoms with van der Waals surface area (Å²) in [5, 5.41) is 20.4. The van der Waals surface area contributed by atoms with Crippen LogP contribution in [0.25, 0.3) is 0 Å². The number of carbonyl (C=O) groups is 3. The Labute approximate surface area is 174 Å². The number of hydrogen-bond donors (Lipinski definition) is 3. The number of rotatable bonds is 3. The van der Waals surface area contributed by atoms with Crippen LogP contribution in [0.5, 0.6) is 11.5 Å². The average Bonchev–Trinajstić information content (AvgIpc) is 2.71. The molecule has 2 aliphatic rings. The van der Waals surface area contributed by atoms with Crippen molar-refractivity contribution in [1.29, 1.82) is 0 Å². The van der Waals surface area contributed by atoms with Gasteiger partial charge in [0.05, 0.1) is 16.9 Å². The molecular formula is C21H19NO7S. The second kappa shape index (κ2) is 7.66. The molecule has 0 bridgehead atoms. The van der Waals surface area contributed by atoms with Crippen LogP contribution in [0.2, 0.25) is 0 Å². The van der Waals surface area contributed by atoms with Crippen LogP contribution in [0.1, 0.15) is 55.0 Å². The van der Waals surface area contributed by atoms with Gasteiger partial charge in [0.2, 0.25) is 5.78 Å². The van der Waals surface area contributed by atoms with Crippen molar-refractivity contribution in [2.75, 3.05) is 18.8 Å². The van der Waals surface area contributed by atoms with Crippen molar-refractivity contribution in [3.8, 4) is 11.5 Å². The molecule has 156 valence electrons. The molecule has 0 saturated carbocycles. The van der Waals surface area contributed by atoms with Crippen molar-refractivity contribution in [3.05, 3.63) is 58.1 Å². The molecule has 1 aliphatic carbocycles. The summed E-state index contributed by atoms with van der Waals surface area (Å²) in [5.41, 5.74) is -0.357. The average molecular weight is 429 g/mol. The van der Waals surface area contributed by atoms with E-state index in [1.54, 1.807) is 4.90 Å². The van der Waals surface area contributed by atoms with Gasteiger partial charge in [0.15, 0.2) is 16.9 Å². The number of phenolic OH excluding ortho intramolecular Hbond substituents is 2. The lowest BCUT2D eigenvalue weighted by atomic mass is 9.82. The summed E-state index contributed by atoms with van der Waals surface area (Å²) in [6.45, 7) is 0.782. The van der Waals surface area contributed by atoms with Crippen LogP contribution in [0.15, 0.2) is 30.3 Å². The van der Waals surface area contributed by atoms with Crippen LogP contribution < -0.4 is 0 Å². The molecule has 1 unspecified atom stereocenters. The summed E-state index contributed by atoms with van der Waals surface area (Å²) >= 11 is -1.88. The number of likely N-dealkylation sites (tertiary alicyclic amines) is 1. The number of aromatic hydroxyl groups is 2. The molecule has 3 N–H and O–H groups in total. The van der Waals surface area contributed by atoms with E-state index in [-0.39, 0.29) is 45.2 Å². The summed E-state index contributed by atoms with van der Waals surface area (Å²) in [6, 6.07) is 6.62. The maximum Gasteiger partial charge on any atom is 0.254 e. The van der Waals surface area contributed by atoms with Crippen LogP contribution in [0.4, 0.5) is 0 Å². The number of ketones is 2. The van der Waals surface area contributed by atoms with E-state index in [9.17, 15) is 28.8 Å². The molecule has 1 atom stereocenters. The lowest BCUT2D eigenvalue weighted by Gasteiger charge is -2.31. The maximum absolute atomic E-state index is 12.9. The summed E-state index contributed by atoms with van der Waals surface area (Å²) in [7, 11) is 0. The third kappa shape index (κ3) is 3.40. The van der Waals surface area contributed by atoms with Gasteiger partial charge in [-0.3, -0.25) is 14.4 Å². The lowest BCUT2D eigenvalue weighted by molar-refractivity contribution is 0.0697. The van der Waals surface area contributed by atoms with E-state index in [4.69, 9.17) is 4.55 Å². The summed E-state index contributed by atoms with van der Waals surface area (Å²) < 4.78 is 20.0. The summed E-state index contributed by atoms with van der Waals surface area (Å²) in [6.07, 6.45) is 1.16. The zero-order chi connectivity index (χ0) is 21.6. The van der Waals surface area contributed by atoms with E-state index >= 15 is 0 Å². The first kappa shape index (κ1) is 20.2. The predicted molar refractivity (Wildman–Crippen MR) is 107 cm³/mol. The Morgan fingerprint density at radius 3 is 2.33 bits per heavy atom. The van der Waals surface area contributed by atoms with Crippen LogP contribution in [-0.4, -0.2) is 60.2 Å². The van der Waals surface area contributed by atoms with E-state index in [1.165, 1.54) is 24.3 Å². The largest absolute Gasteiger partial charge is 0.507 e. The quantitative estimate of drug-likeness (QED) is 0.542. The fourth-order valence-corrected chi connectivity index (χ4v) is 4.83. The molecule has 2 aromatic carbocycles. The second-order valence-corrected chi connectivity index (χ2v) is 8.48. The van der Waals surface area contributed by atoms with Gasteiger partial charge in [-0.15, -0.1) is 0 Å². The number of piperidine rings is 1. The van der Waals surface area contributed by atoms with E-state index in [0.29, 0.717) is 25.9 Å². The van der Waals surface area contributed by atoms with Gasteiger partial charge in [-0.05, 0) is 37.0 Å². The maximum atomic E-state index is 12.9. The molecule has 4 rings (SSSR count). The number of phenols is 2. The number of benzene rings is 2. The van der Waals surface area contributed by atoms with Gasteiger partial charge in [0, 0.05) is 29.8 Å². The highest BCUT2D eigenvalue weighted by Crippen LogP contribution is 2.37. The van der Waals surface area contributed by atoms with Crippen molar-refractivity contribution in [2.45, 2.75) is 12.8 Å². The van der Waals surface area contributed by atoms with Gasteiger partial charge in [0.25, 0.3) is 5.91 Å². The van der Waals surface area contributed by atoms with Crippen molar-refractivity contribution in [1.82, 2.24) is 4.90 Å². The Bertz CT molecular complexity index is 1100. The van der Waals surface area contributed by atoms with Crippen LogP contribution >= 0.6 is 0 Å². The Hall–Kier alpha value is -3.04. The molecule has 1 heterocycles. The molecule has 1 aliphatic heterocycles. The molecule has 8 nitrogen and oxygen atoms in total. The van der Waals surface area contributed by atoms with E-state index in [2.05, 4.69) is 0 Å². The molecule has 9 heteroatoms. The SMILES string of the molecule is O=C1c2cccc(O)c2C(=O)c2c(O)cc(C(=O)N3CCC(CS(=O)O)CC3)cc21. The van der Waals surface area contributed by atoms with Gasteiger partial charge >= 0.3 is 0 Å². The van der Waals surface area contributed by atoms with Gasteiger partial charge in [0.1, 0.15) is 11.5 Å². The molecule has 1 saturated heterocycles. The predicted octanol–water partition coefficient (Wildman–Crippen LogP) is 1.95. The minimum atomic E-state index is -1.88. The number of fused-ring (bicyclic) bond motifs is 2. The Balaban J connectivity index is 1.64. The monoisotopic (exact) mass is 429 g/mol. The zero-order valence-electron chi connectivity index (χ0n) is 15.8. The van der Waals surface area contributed by atoms with Gasteiger partial charge < -0.3 is 19.7 Å². The third-order valence-electron chi connectivity index (χ3n) is 5.63. The molecule has 2 aromatic rings. The zero-order valence-corrected chi connectivity index (χ0v) is 16.6. The fraction of sp³-hybridized carbons (Fsp3) is 0.286. The highest BCUT2D eigenvalue weighted by atomic mass is 32.2. The van der Waals surface area contributed by atoms with Crippen LogP contribution in [0.3, 0.4) is 0 Å². The van der Waals surface area contributed by atoms with Gasteiger partial charge in [-0.2, -0.15) is 0 Å². The first-order valence-electron chi connectivity index (χ1n) is 9.43. The van der Waals surface area contributed by atoms with Gasteiger partial charge in [-0.25, -0.2) is 4.21 Å². The molecule has 0 radical (unpaired) electrons. The Kier molecular flexibility index (Phi) is 5.17. The van der Waals surface area contributed by atoms with Gasteiger partial charge in [-0.1, -0.05) is 12.1 Å². The van der Waals surface area contributed by atoms with Crippen LogP contribution in [0, 0.1) is 5.92 Å². The molecule has 0 aromatic heterocycles. The topological polar surface area (TPSA) is 132 Å². The Morgan fingerprint density at radius 2 is 1.67 bits per heavy atom. The smallest absolute Gasteiger partial charge is 0.254 e. The number of amides is 1. The van der Waals surface area contributed by atoms with Crippen molar-refractivity contribution in [2.24, 2.45) is 5.92 Å². The van der Waals surface area contributed by atoms with Crippen molar-refractivity contribution < 1.29 is 33.4 Å². The summed E-state index contributed by atoms with van der Waals surface area (Å²) in [4.78, 5) is 40.2.